The number of nitrogens with one attached hydrogen (secondary N) is 1. The summed E-state index contributed by atoms with van der Waals surface area (Å²) in [6.45, 7) is -0.329. The molecule has 1 aromatic rings. The molecule has 7 heteroatoms. The number of nitrogens with two attached hydrogens (primary N) is 1. The smallest absolute Gasteiger partial charge is 0.306 e. The van der Waals surface area contributed by atoms with Crippen LogP contribution in [0.25, 0.3) is 0 Å². The van der Waals surface area contributed by atoms with E-state index in [4.69, 9.17) is 10.5 Å². The molecule has 1 heterocycles. The highest BCUT2D eigenvalue weighted by atomic mass is 32.1. The zero-order valence-electron chi connectivity index (χ0n) is 15.7. The lowest BCUT2D eigenvalue weighted by atomic mass is 9.86. The fraction of sp³-hybridized carbons (Fsp3) is 0.650. The van der Waals surface area contributed by atoms with Gasteiger partial charge >= 0.3 is 5.97 Å². The van der Waals surface area contributed by atoms with Crippen molar-refractivity contribution in [1.29, 1.82) is 0 Å². The molecule has 2 aliphatic carbocycles. The monoisotopic (exact) mass is 392 g/mol. The standard InChI is InChI=1S/C20H28N2O4S/c21-19(25)18-14-8-4-5-9-15(14)27-20(18)22-16(23)12-26-17(24)11-10-13-6-2-1-3-7-13/h13H,1-12H2,(H2,21,25)(H,22,23). The molecule has 3 rings (SSSR count). The van der Waals surface area contributed by atoms with Crippen LogP contribution in [0, 0.1) is 5.92 Å². The van der Waals surface area contributed by atoms with Gasteiger partial charge in [0.2, 0.25) is 0 Å². The maximum absolute atomic E-state index is 12.2. The van der Waals surface area contributed by atoms with E-state index in [2.05, 4.69) is 5.32 Å². The summed E-state index contributed by atoms with van der Waals surface area (Å²) in [5, 5.41) is 3.20. The predicted molar refractivity (Wildman–Crippen MR) is 105 cm³/mol. The molecule has 0 aromatic carbocycles. The quantitative estimate of drug-likeness (QED) is 0.693. The lowest BCUT2D eigenvalue weighted by Crippen LogP contribution is -2.23. The number of aryl methyl sites for hydroxylation is 1. The molecule has 27 heavy (non-hydrogen) atoms. The average Bonchev–Trinajstić information content (AvgIpc) is 3.03. The molecule has 1 saturated carbocycles. The summed E-state index contributed by atoms with van der Waals surface area (Å²) in [5.41, 5.74) is 6.92. The Balaban J connectivity index is 1.48. The number of primary amides is 1. The number of anilines is 1. The molecule has 0 bridgehead atoms. The first-order valence-electron chi connectivity index (χ1n) is 9.94. The summed E-state index contributed by atoms with van der Waals surface area (Å²) in [6, 6.07) is 0. The molecule has 148 valence electrons. The van der Waals surface area contributed by atoms with Crippen LogP contribution >= 0.6 is 11.3 Å². The van der Waals surface area contributed by atoms with E-state index in [0.717, 1.165) is 42.5 Å². The zero-order chi connectivity index (χ0) is 19.2. The van der Waals surface area contributed by atoms with Crippen LogP contribution in [-0.4, -0.2) is 24.4 Å². The third kappa shape index (κ3) is 5.31. The highest BCUT2D eigenvalue weighted by molar-refractivity contribution is 7.17. The minimum atomic E-state index is -0.519. The highest BCUT2D eigenvalue weighted by Gasteiger charge is 2.25. The van der Waals surface area contributed by atoms with Crippen molar-refractivity contribution in [3.05, 3.63) is 16.0 Å². The number of hydrogen-bond acceptors (Lipinski definition) is 5. The number of esters is 1. The second-order valence-corrected chi connectivity index (χ2v) is 8.64. The number of ether oxygens (including phenoxy) is 1. The molecule has 6 nitrogen and oxygen atoms in total. The van der Waals surface area contributed by atoms with Gasteiger partial charge in [0.1, 0.15) is 5.00 Å². The third-order valence-electron chi connectivity index (χ3n) is 5.52. The van der Waals surface area contributed by atoms with Crippen LogP contribution < -0.4 is 11.1 Å². The molecule has 0 aliphatic heterocycles. The molecule has 3 N–H and O–H groups in total. The van der Waals surface area contributed by atoms with Gasteiger partial charge in [0.05, 0.1) is 5.56 Å². The van der Waals surface area contributed by atoms with Crippen LogP contribution in [-0.2, 0) is 27.2 Å². The van der Waals surface area contributed by atoms with Crippen molar-refractivity contribution in [2.24, 2.45) is 11.7 Å². The van der Waals surface area contributed by atoms with Gasteiger partial charge in [-0.3, -0.25) is 14.4 Å². The van der Waals surface area contributed by atoms with Crippen LogP contribution in [0.1, 0.15) is 78.6 Å². The van der Waals surface area contributed by atoms with Crippen molar-refractivity contribution >= 4 is 34.1 Å². The van der Waals surface area contributed by atoms with Crippen LogP contribution in [0.15, 0.2) is 0 Å². The number of amides is 2. The molecular formula is C20H28N2O4S. The van der Waals surface area contributed by atoms with Crippen molar-refractivity contribution in [1.82, 2.24) is 0 Å². The van der Waals surface area contributed by atoms with E-state index in [-0.39, 0.29) is 12.6 Å². The zero-order valence-corrected chi connectivity index (χ0v) is 16.5. The Labute approximate surface area is 163 Å². The summed E-state index contributed by atoms with van der Waals surface area (Å²) in [6.07, 6.45) is 11.2. The second-order valence-electron chi connectivity index (χ2n) is 7.53. The lowest BCUT2D eigenvalue weighted by Gasteiger charge is -2.20. The van der Waals surface area contributed by atoms with Gasteiger partial charge < -0.3 is 15.8 Å². The van der Waals surface area contributed by atoms with Gasteiger partial charge in [0.15, 0.2) is 6.61 Å². The molecule has 0 unspecified atom stereocenters. The molecular weight excluding hydrogens is 364 g/mol. The fourth-order valence-corrected chi connectivity index (χ4v) is 5.40. The van der Waals surface area contributed by atoms with E-state index in [0.29, 0.717) is 22.9 Å². The average molecular weight is 393 g/mol. The Kier molecular flexibility index (Phi) is 6.88. The van der Waals surface area contributed by atoms with Gasteiger partial charge in [-0.25, -0.2) is 0 Å². The lowest BCUT2D eigenvalue weighted by molar-refractivity contribution is -0.147. The Morgan fingerprint density at radius 1 is 1.07 bits per heavy atom. The maximum Gasteiger partial charge on any atom is 0.306 e. The normalized spacial score (nSPS) is 17.2. The van der Waals surface area contributed by atoms with E-state index in [9.17, 15) is 14.4 Å². The summed E-state index contributed by atoms with van der Waals surface area (Å²) < 4.78 is 5.11. The summed E-state index contributed by atoms with van der Waals surface area (Å²) in [4.78, 5) is 37.0. The number of fused-ring (bicyclic) bond motifs is 1. The van der Waals surface area contributed by atoms with Gasteiger partial charge in [-0.05, 0) is 43.6 Å². The molecule has 0 spiro atoms. The first-order valence-corrected chi connectivity index (χ1v) is 10.8. The SMILES string of the molecule is NC(=O)c1c(NC(=O)COC(=O)CCC2CCCCC2)sc2c1CCCC2. The van der Waals surface area contributed by atoms with Gasteiger partial charge in [0, 0.05) is 11.3 Å². The molecule has 1 fully saturated rings. The summed E-state index contributed by atoms with van der Waals surface area (Å²) in [7, 11) is 0. The van der Waals surface area contributed by atoms with Crippen molar-refractivity contribution in [2.75, 3.05) is 11.9 Å². The Hall–Kier alpha value is -1.89. The predicted octanol–water partition coefficient (Wildman–Crippen LogP) is 3.57. The number of carbonyl (C=O) groups is 3. The molecule has 2 aliphatic rings. The summed E-state index contributed by atoms with van der Waals surface area (Å²) >= 11 is 1.41. The molecule has 0 radical (unpaired) electrons. The number of rotatable bonds is 7. The van der Waals surface area contributed by atoms with Gasteiger partial charge in [-0.15, -0.1) is 11.3 Å². The first kappa shape index (κ1) is 19.9. The second kappa shape index (κ2) is 9.35. The van der Waals surface area contributed by atoms with Gasteiger partial charge in [-0.2, -0.15) is 0 Å². The van der Waals surface area contributed by atoms with E-state index in [1.54, 1.807) is 0 Å². The van der Waals surface area contributed by atoms with Gasteiger partial charge in [0.25, 0.3) is 11.8 Å². The van der Waals surface area contributed by atoms with Crippen molar-refractivity contribution in [3.8, 4) is 0 Å². The van der Waals surface area contributed by atoms with Crippen LogP contribution in [0.3, 0.4) is 0 Å². The van der Waals surface area contributed by atoms with Crippen molar-refractivity contribution in [3.63, 3.8) is 0 Å². The summed E-state index contributed by atoms with van der Waals surface area (Å²) in [5.74, 6) is -0.677. The Morgan fingerprint density at radius 3 is 2.56 bits per heavy atom. The fourth-order valence-electron chi connectivity index (χ4n) is 4.09. The minimum absolute atomic E-state index is 0.329. The third-order valence-corrected chi connectivity index (χ3v) is 6.72. The molecule has 2 amide bonds. The van der Waals surface area contributed by atoms with Gasteiger partial charge in [-0.1, -0.05) is 32.1 Å². The maximum atomic E-state index is 12.2. The van der Waals surface area contributed by atoms with E-state index < -0.39 is 11.8 Å². The van der Waals surface area contributed by atoms with E-state index in [1.165, 1.54) is 43.4 Å². The first-order chi connectivity index (χ1) is 13.0. The van der Waals surface area contributed by atoms with Crippen LogP contribution in [0.2, 0.25) is 0 Å². The minimum Gasteiger partial charge on any atom is -0.456 e. The Bertz CT molecular complexity index is 707. The molecule has 0 atom stereocenters. The topological polar surface area (TPSA) is 98.5 Å². The van der Waals surface area contributed by atoms with Crippen molar-refractivity contribution in [2.45, 2.75) is 70.6 Å². The number of hydrogen-bond donors (Lipinski definition) is 2. The number of carbonyl (C=O) groups excluding carboxylic acids is 3. The molecule has 0 saturated heterocycles. The number of thiophene rings is 1. The Morgan fingerprint density at radius 2 is 1.81 bits per heavy atom. The van der Waals surface area contributed by atoms with Crippen LogP contribution in [0.4, 0.5) is 5.00 Å². The largest absolute Gasteiger partial charge is 0.456 e. The van der Waals surface area contributed by atoms with Crippen molar-refractivity contribution < 1.29 is 19.1 Å². The highest BCUT2D eigenvalue weighted by Crippen LogP contribution is 2.37. The van der Waals surface area contributed by atoms with Crippen LogP contribution in [0.5, 0.6) is 0 Å². The molecule has 1 aromatic heterocycles. The van der Waals surface area contributed by atoms with E-state index in [1.807, 2.05) is 0 Å². The van der Waals surface area contributed by atoms with E-state index >= 15 is 0 Å².